The lowest BCUT2D eigenvalue weighted by molar-refractivity contribution is 0.0914. The van der Waals surface area contributed by atoms with Gasteiger partial charge >= 0.3 is 0 Å². The standard InChI is InChI=1S/C14H22N4O/c1-3-9-8-13(18(2)17-9)14(19)16-12-6-10-4-5-11(7-12)15-10/h8,10-12,15H,3-7H2,1-2H3,(H,16,19). The van der Waals surface area contributed by atoms with Crippen LogP contribution in [-0.2, 0) is 13.5 Å². The Labute approximate surface area is 113 Å². The summed E-state index contributed by atoms with van der Waals surface area (Å²) in [6, 6.07) is 3.40. The van der Waals surface area contributed by atoms with Crippen LogP contribution < -0.4 is 10.6 Å². The van der Waals surface area contributed by atoms with E-state index in [1.165, 1.54) is 12.8 Å². The first kappa shape index (κ1) is 12.7. The van der Waals surface area contributed by atoms with E-state index >= 15 is 0 Å². The maximum atomic E-state index is 12.3. The summed E-state index contributed by atoms with van der Waals surface area (Å²) in [5.41, 5.74) is 1.64. The minimum Gasteiger partial charge on any atom is -0.348 e. The van der Waals surface area contributed by atoms with Gasteiger partial charge in [-0.25, -0.2) is 0 Å². The number of carbonyl (C=O) groups excluding carboxylic acids is 1. The van der Waals surface area contributed by atoms with Crippen LogP contribution in [0.2, 0.25) is 0 Å². The normalized spacial score (nSPS) is 29.5. The van der Waals surface area contributed by atoms with Crippen LogP contribution in [-0.4, -0.2) is 33.8 Å². The molecule has 2 fully saturated rings. The number of piperidine rings is 1. The Morgan fingerprint density at radius 1 is 1.47 bits per heavy atom. The molecule has 1 aromatic rings. The molecule has 0 radical (unpaired) electrons. The van der Waals surface area contributed by atoms with Gasteiger partial charge in [-0.3, -0.25) is 9.48 Å². The maximum absolute atomic E-state index is 12.3. The Morgan fingerprint density at radius 3 is 2.74 bits per heavy atom. The monoisotopic (exact) mass is 262 g/mol. The van der Waals surface area contributed by atoms with E-state index in [-0.39, 0.29) is 5.91 Å². The fourth-order valence-corrected chi connectivity index (χ4v) is 3.35. The van der Waals surface area contributed by atoms with E-state index in [2.05, 4.69) is 22.7 Å². The number of aromatic nitrogens is 2. The van der Waals surface area contributed by atoms with Crippen LogP contribution in [0.15, 0.2) is 6.07 Å². The first-order chi connectivity index (χ1) is 9.15. The van der Waals surface area contributed by atoms with E-state index in [9.17, 15) is 4.79 Å². The zero-order chi connectivity index (χ0) is 13.4. The third-order valence-corrected chi connectivity index (χ3v) is 4.33. The van der Waals surface area contributed by atoms with Crippen LogP contribution in [0.4, 0.5) is 0 Å². The highest BCUT2D eigenvalue weighted by Gasteiger charge is 2.34. The highest BCUT2D eigenvalue weighted by Crippen LogP contribution is 2.26. The van der Waals surface area contributed by atoms with Gasteiger partial charge in [-0.05, 0) is 38.2 Å². The number of nitrogens with one attached hydrogen (secondary N) is 2. The molecule has 0 saturated carbocycles. The third kappa shape index (κ3) is 2.52. The number of amides is 1. The molecule has 0 spiro atoms. The minimum absolute atomic E-state index is 0.0148. The molecule has 1 amide bonds. The second-order valence-corrected chi connectivity index (χ2v) is 5.78. The van der Waals surface area contributed by atoms with Crippen LogP contribution in [0.3, 0.4) is 0 Å². The fraction of sp³-hybridized carbons (Fsp3) is 0.714. The van der Waals surface area contributed by atoms with Gasteiger partial charge in [0.05, 0.1) is 5.69 Å². The fourth-order valence-electron chi connectivity index (χ4n) is 3.35. The molecule has 2 saturated heterocycles. The van der Waals surface area contributed by atoms with Crippen LogP contribution >= 0.6 is 0 Å². The van der Waals surface area contributed by atoms with Gasteiger partial charge in [-0.2, -0.15) is 5.10 Å². The highest BCUT2D eigenvalue weighted by atomic mass is 16.2. The van der Waals surface area contributed by atoms with Gasteiger partial charge in [0, 0.05) is 25.2 Å². The van der Waals surface area contributed by atoms with Gasteiger partial charge in [0.25, 0.3) is 5.91 Å². The first-order valence-electron chi connectivity index (χ1n) is 7.25. The number of nitrogens with zero attached hydrogens (tertiary/aromatic N) is 2. The molecule has 2 unspecified atom stereocenters. The number of fused-ring (bicyclic) bond motifs is 2. The van der Waals surface area contributed by atoms with Crippen molar-refractivity contribution in [2.45, 2.75) is 57.2 Å². The average Bonchev–Trinajstić information content (AvgIpc) is 2.92. The molecule has 0 aromatic carbocycles. The Kier molecular flexibility index (Phi) is 3.31. The van der Waals surface area contributed by atoms with E-state index in [0.29, 0.717) is 23.8 Å². The lowest BCUT2D eigenvalue weighted by Crippen LogP contribution is -2.48. The van der Waals surface area contributed by atoms with Gasteiger partial charge in [-0.15, -0.1) is 0 Å². The topological polar surface area (TPSA) is 59.0 Å². The molecule has 2 aliphatic rings. The lowest BCUT2D eigenvalue weighted by Gasteiger charge is -2.29. The molecule has 2 atom stereocenters. The molecule has 2 aliphatic heterocycles. The van der Waals surface area contributed by atoms with E-state index < -0.39 is 0 Å². The van der Waals surface area contributed by atoms with Crippen LogP contribution in [0.5, 0.6) is 0 Å². The number of hydrogen-bond acceptors (Lipinski definition) is 3. The summed E-state index contributed by atoms with van der Waals surface area (Å²) in [6.07, 6.45) is 5.48. The molecule has 1 aromatic heterocycles. The van der Waals surface area contributed by atoms with Crippen LogP contribution in [0.25, 0.3) is 0 Å². The molecule has 5 nitrogen and oxygen atoms in total. The van der Waals surface area contributed by atoms with Crippen LogP contribution in [0, 0.1) is 0 Å². The largest absolute Gasteiger partial charge is 0.348 e. The van der Waals surface area contributed by atoms with Crippen molar-refractivity contribution in [2.75, 3.05) is 0 Å². The molecule has 0 aliphatic carbocycles. The van der Waals surface area contributed by atoms with Gasteiger partial charge in [0.1, 0.15) is 5.69 Å². The second kappa shape index (κ2) is 4.96. The highest BCUT2D eigenvalue weighted by molar-refractivity contribution is 5.92. The smallest absolute Gasteiger partial charge is 0.269 e. The lowest BCUT2D eigenvalue weighted by atomic mass is 10.00. The SMILES string of the molecule is CCc1cc(C(=O)NC2CC3CCC(C2)N3)n(C)n1. The molecule has 104 valence electrons. The first-order valence-corrected chi connectivity index (χ1v) is 7.25. The van der Waals surface area contributed by atoms with Crippen molar-refractivity contribution in [1.82, 2.24) is 20.4 Å². The molecule has 2 bridgehead atoms. The Hall–Kier alpha value is -1.36. The van der Waals surface area contributed by atoms with Crippen molar-refractivity contribution >= 4 is 5.91 Å². The summed E-state index contributed by atoms with van der Waals surface area (Å²) < 4.78 is 1.68. The number of carbonyl (C=O) groups is 1. The zero-order valence-corrected chi connectivity index (χ0v) is 11.6. The molecular weight excluding hydrogens is 240 g/mol. The van der Waals surface area contributed by atoms with E-state index in [4.69, 9.17) is 0 Å². The summed E-state index contributed by atoms with van der Waals surface area (Å²) in [5.74, 6) is 0.0148. The zero-order valence-electron chi connectivity index (χ0n) is 11.6. The third-order valence-electron chi connectivity index (χ3n) is 4.33. The summed E-state index contributed by atoms with van der Waals surface area (Å²) in [7, 11) is 1.83. The number of hydrogen-bond donors (Lipinski definition) is 2. The van der Waals surface area contributed by atoms with Gasteiger partial charge in [-0.1, -0.05) is 6.92 Å². The molecule has 3 rings (SSSR count). The second-order valence-electron chi connectivity index (χ2n) is 5.78. The van der Waals surface area contributed by atoms with Crippen molar-refractivity contribution < 1.29 is 4.79 Å². The molecular formula is C14H22N4O. The molecule has 5 heteroatoms. The number of aryl methyl sites for hydroxylation is 2. The van der Waals surface area contributed by atoms with Crippen molar-refractivity contribution in [3.8, 4) is 0 Å². The van der Waals surface area contributed by atoms with Crippen molar-refractivity contribution in [3.05, 3.63) is 17.5 Å². The Bertz CT molecular complexity index is 470. The van der Waals surface area contributed by atoms with E-state index in [0.717, 1.165) is 25.0 Å². The predicted molar refractivity (Wildman–Crippen MR) is 73.0 cm³/mol. The molecule has 3 heterocycles. The maximum Gasteiger partial charge on any atom is 0.269 e. The Morgan fingerprint density at radius 2 is 2.16 bits per heavy atom. The van der Waals surface area contributed by atoms with Gasteiger partial charge in [0.15, 0.2) is 0 Å². The van der Waals surface area contributed by atoms with Crippen molar-refractivity contribution in [1.29, 1.82) is 0 Å². The minimum atomic E-state index is 0.0148. The predicted octanol–water partition coefficient (Wildman–Crippen LogP) is 0.995. The van der Waals surface area contributed by atoms with Gasteiger partial charge < -0.3 is 10.6 Å². The van der Waals surface area contributed by atoms with Gasteiger partial charge in [0.2, 0.25) is 0 Å². The van der Waals surface area contributed by atoms with Crippen molar-refractivity contribution in [2.24, 2.45) is 7.05 Å². The van der Waals surface area contributed by atoms with E-state index in [1.54, 1.807) is 4.68 Å². The summed E-state index contributed by atoms with van der Waals surface area (Å²) >= 11 is 0. The van der Waals surface area contributed by atoms with Crippen LogP contribution in [0.1, 0.15) is 48.8 Å². The van der Waals surface area contributed by atoms with E-state index in [1.807, 2.05) is 13.1 Å². The number of rotatable bonds is 3. The molecule has 2 N–H and O–H groups in total. The summed E-state index contributed by atoms with van der Waals surface area (Å²) in [6.45, 7) is 2.05. The average molecular weight is 262 g/mol. The van der Waals surface area contributed by atoms with Crippen molar-refractivity contribution in [3.63, 3.8) is 0 Å². The molecule has 19 heavy (non-hydrogen) atoms. The Balaban J connectivity index is 1.66. The summed E-state index contributed by atoms with van der Waals surface area (Å²) in [4.78, 5) is 12.3. The quantitative estimate of drug-likeness (QED) is 0.854. The summed E-state index contributed by atoms with van der Waals surface area (Å²) in [5, 5.41) is 11.1.